The minimum absolute atomic E-state index is 0.0229. The number of rotatable bonds is 9. The summed E-state index contributed by atoms with van der Waals surface area (Å²) in [6, 6.07) is 5.45. The number of amides is 2. The van der Waals surface area contributed by atoms with Gasteiger partial charge >= 0.3 is 18.0 Å². The highest BCUT2D eigenvalue weighted by Gasteiger charge is 2.26. The predicted molar refractivity (Wildman–Crippen MR) is 99.2 cm³/mol. The van der Waals surface area contributed by atoms with Gasteiger partial charge in [-0.1, -0.05) is 24.3 Å². The Morgan fingerprint density at radius 1 is 1.11 bits per heavy atom. The third-order valence-electron chi connectivity index (χ3n) is 3.41. The van der Waals surface area contributed by atoms with Crippen molar-refractivity contribution in [1.29, 1.82) is 0 Å². The van der Waals surface area contributed by atoms with Crippen LogP contribution in [0.2, 0.25) is 0 Å². The van der Waals surface area contributed by atoms with Crippen molar-refractivity contribution >= 4 is 23.9 Å². The van der Waals surface area contributed by atoms with Crippen molar-refractivity contribution in [2.75, 3.05) is 0 Å². The van der Waals surface area contributed by atoms with E-state index in [0.29, 0.717) is 11.1 Å². The zero-order valence-electron chi connectivity index (χ0n) is 16.2. The summed E-state index contributed by atoms with van der Waals surface area (Å²) in [6.45, 7) is 4.96. The molecule has 0 heterocycles. The van der Waals surface area contributed by atoms with Crippen molar-refractivity contribution in [3.63, 3.8) is 0 Å². The van der Waals surface area contributed by atoms with Crippen LogP contribution in [-0.2, 0) is 36.9 Å². The topological polar surface area (TPSA) is 145 Å². The first-order valence-electron chi connectivity index (χ1n) is 8.70. The monoisotopic (exact) mass is 394 g/mol. The number of carboxylic acid groups (broad SMARTS) is 1. The fourth-order valence-electron chi connectivity index (χ4n) is 2.17. The third kappa shape index (κ3) is 9.56. The molecule has 0 bridgehead atoms. The number of nitrogens with two attached hydrogens (primary N) is 1. The van der Waals surface area contributed by atoms with Crippen molar-refractivity contribution in [3.8, 4) is 0 Å². The molecule has 28 heavy (non-hydrogen) atoms. The number of nitrogens with one attached hydrogen (secondary N) is 1. The Morgan fingerprint density at radius 3 is 2.18 bits per heavy atom. The number of alkyl carbamates (subject to hydrolysis) is 1. The van der Waals surface area contributed by atoms with Crippen molar-refractivity contribution in [2.45, 2.75) is 58.3 Å². The van der Waals surface area contributed by atoms with E-state index in [1.54, 1.807) is 45.0 Å². The van der Waals surface area contributed by atoms with Crippen molar-refractivity contribution in [2.24, 2.45) is 5.73 Å². The highest BCUT2D eigenvalue weighted by molar-refractivity contribution is 5.82. The van der Waals surface area contributed by atoms with Crippen molar-refractivity contribution < 1.29 is 33.8 Å². The maximum atomic E-state index is 12.3. The Hall–Kier alpha value is -3.10. The van der Waals surface area contributed by atoms with Gasteiger partial charge in [-0.15, -0.1) is 0 Å². The highest BCUT2D eigenvalue weighted by atomic mass is 16.6. The summed E-state index contributed by atoms with van der Waals surface area (Å²) in [5.41, 5.74) is 5.63. The average Bonchev–Trinajstić information content (AvgIpc) is 2.55. The van der Waals surface area contributed by atoms with E-state index in [9.17, 15) is 19.2 Å². The van der Waals surface area contributed by atoms with Gasteiger partial charge in [0, 0.05) is 6.42 Å². The summed E-state index contributed by atoms with van der Waals surface area (Å²) >= 11 is 0. The summed E-state index contributed by atoms with van der Waals surface area (Å²) in [7, 11) is 0. The van der Waals surface area contributed by atoms with E-state index in [1.165, 1.54) is 0 Å². The van der Waals surface area contributed by atoms with Crippen LogP contribution in [0, 0.1) is 0 Å². The summed E-state index contributed by atoms with van der Waals surface area (Å²) in [4.78, 5) is 45.9. The van der Waals surface area contributed by atoms with Crippen LogP contribution in [0.4, 0.5) is 4.79 Å². The Kier molecular flexibility index (Phi) is 8.43. The summed E-state index contributed by atoms with van der Waals surface area (Å²) in [5.74, 6) is -2.29. The molecule has 0 radical (unpaired) electrons. The normalized spacial score (nSPS) is 12.0. The number of primary amides is 1. The van der Waals surface area contributed by atoms with Gasteiger partial charge in [0.1, 0.15) is 18.2 Å². The fraction of sp³-hybridized carbons (Fsp3) is 0.474. The van der Waals surface area contributed by atoms with Crippen LogP contribution >= 0.6 is 0 Å². The van der Waals surface area contributed by atoms with E-state index < -0.39 is 35.6 Å². The van der Waals surface area contributed by atoms with Gasteiger partial charge in [-0.05, 0) is 38.3 Å². The zero-order valence-corrected chi connectivity index (χ0v) is 16.2. The number of ether oxygens (including phenoxy) is 2. The van der Waals surface area contributed by atoms with Crippen LogP contribution in [-0.4, -0.2) is 40.7 Å². The fourth-order valence-corrected chi connectivity index (χ4v) is 2.17. The molecule has 0 aliphatic heterocycles. The lowest BCUT2D eigenvalue weighted by Gasteiger charge is -2.22. The molecule has 154 valence electrons. The Labute approximate surface area is 163 Å². The van der Waals surface area contributed by atoms with Gasteiger partial charge in [0.2, 0.25) is 5.91 Å². The van der Waals surface area contributed by atoms with Crippen LogP contribution < -0.4 is 11.1 Å². The molecule has 1 atom stereocenters. The molecule has 0 aliphatic carbocycles. The predicted octanol–water partition coefficient (Wildman–Crippen LogP) is 1.52. The molecule has 0 fully saturated rings. The largest absolute Gasteiger partial charge is 0.481 e. The molecule has 9 heteroatoms. The lowest BCUT2D eigenvalue weighted by atomic mass is 10.1. The maximum absolute atomic E-state index is 12.3. The lowest BCUT2D eigenvalue weighted by molar-refractivity contribution is -0.147. The Balaban J connectivity index is 2.67. The van der Waals surface area contributed by atoms with Crippen molar-refractivity contribution in [3.05, 3.63) is 35.4 Å². The molecule has 0 aliphatic rings. The molecule has 0 spiro atoms. The molecule has 1 rings (SSSR count). The quantitative estimate of drug-likeness (QED) is 0.538. The van der Waals surface area contributed by atoms with E-state index >= 15 is 0 Å². The SMILES string of the molecule is CC(C)(C)OC(=O)NC(CCC(N)=O)C(=O)OCc1ccc(CC(=O)O)cc1. The first kappa shape index (κ1) is 22.9. The second kappa shape index (κ2) is 10.3. The smallest absolute Gasteiger partial charge is 0.408 e. The van der Waals surface area contributed by atoms with Crippen LogP contribution in [0.25, 0.3) is 0 Å². The number of carbonyl (C=O) groups excluding carboxylic acids is 3. The lowest BCUT2D eigenvalue weighted by Crippen LogP contribution is -2.44. The van der Waals surface area contributed by atoms with Crippen molar-refractivity contribution in [1.82, 2.24) is 5.32 Å². The van der Waals surface area contributed by atoms with Crippen LogP contribution in [0.1, 0.15) is 44.7 Å². The van der Waals surface area contributed by atoms with E-state index in [4.69, 9.17) is 20.3 Å². The van der Waals surface area contributed by atoms with E-state index in [0.717, 1.165) is 0 Å². The first-order valence-corrected chi connectivity index (χ1v) is 8.70. The second-order valence-corrected chi connectivity index (χ2v) is 7.20. The zero-order chi connectivity index (χ0) is 21.3. The van der Waals surface area contributed by atoms with Crippen LogP contribution in [0.5, 0.6) is 0 Å². The number of esters is 1. The molecule has 0 aromatic heterocycles. The number of hydrogen-bond donors (Lipinski definition) is 3. The summed E-state index contributed by atoms with van der Waals surface area (Å²) in [5, 5.41) is 11.1. The number of aliphatic carboxylic acids is 1. The molecule has 1 aromatic rings. The van der Waals surface area contributed by atoms with Gasteiger partial charge in [0.05, 0.1) is 6.42 Å². The summed E-state index contributed by atoms with van der Waals surface area (Å²) in [6.07, 6.45) is -1.05. The molecule has 1 aromatic carbocycles. The Bertz CT molecular complexity index is 708. The molecule has 2 amide bonds. The minimum Gasteiger partial charge on any atom is -0.481 e. The molecule has 0 saturated heterocycles. The minimum atomic E-state index is -1.09. The molecular weight excluding hydrogens is 368 g/mol. The van der Waals surface area contributed by atoms with Gasteiger partial charge in [0.25, 0.3) is 0 Å². The molecule has 1 unspecified atom stereocenters. The van der Waals surface area contributed by atoms with E-state index in [-0.39, 0.29) is 25.9 Å². The van der Waals surface area contributed by atoms with Crippen LogP contribution in [0.3, 0.4) is 0 Å². The highest BCUT2D eigenvalue weighted by Crippen LogP contribution is 2.10. The maximum Gasteiger partial charge on any atom is 0.408 e. The first-order chi connectivity index (χ1) is 13.0. The van der Waals surface area contributed by atoms with E-state index in [2.05, 4.69) is 5.32 Å². The standard InChI is InChI=1S/C19H26N2O7/c1-19(2,3)28-18(26)21-14(8-9-15(20)22)17(25)27-11-13-6-4-12(5-7-13)10-16(23)24/h4-7,14H,8-11H2,1-3H3,(H2,20,22)(H,21,26)(H,23,24). The molecular formula is C19H26N2O7. The number of carboxylic acids is 1. The van der Waals surface area contributed by atoms with E-state index in [1.807, 2.05) is 0 Å². The molecule has 9 nitrogen and oxygen atoms in total. The second-order valence-electron chi connectivity index (χ2n) is 7.20. The third-order valence-corrected chi connectivity index (χ3v) is 3.41. The number of hydrogen-bond acceptors (Lipinski definition) is 6. The van der Waals surface area contributed by atoms with Gasteiger partial charge in [-0.2, -0.15) is 0 Å². The van der Waals surface area contributed by atoms with Gasteiger partial charge < -0.3 is 25.6 Å². The summed E-state index contributed by atoms with van der Waals surface area (Å²) < 4.78 is 10.3. The average molecular weight is 394 g/mol. The van der Waals surface area contributed by atoms with Gasteiger partial charge in [-0.3, -0.25) is 9.59 Å². The molecule has 4 N–H and O–H groups in total. The van der Waals surface area contributed by atoms with Crippen LogP contribution in [0.15, 0.2) is 24.3 Å². The van der Waals surface area contributed by atoms with Gasteiger partial charge in [0.15, 0.2) is 0 Å². The van der Waals surface area contributed by atoms with Gasteiger partial charge in [-0.25, -0.2) is 9.59 Å². The number of carbonyl (C=O) groups is 4. The number of benzene rings is 1. The molecule has 0 saturated carbocycles. The Morgan fingerprint density at radius 2 is 1.68 bits per heavy atom.